The Bertz CT molecular complexity index is 376. The predicted octanol–water partition coefficient (Wildman–Crippen LogP) is 3.15. The lowest BCUT2D eigenvalue weighted by Crippen LogP contribution is -2.27. The Hall–Kier alpha value is -0.610. The van der Waals surface area contributed by atoms with E-state index in [9.17, 15) is 8.78 Å². The van der Waals surface area contributed by atoms with Crippen LogP contribution in [0.4, 0.5) is 8.78 Å². The molecule has 1 N–H and O–H groups in total. The van der Waals surface area contributed by atoms with Gasteiger partial charge in [-0.2, -0.15) is 0 Å². The first kappa shape index (κ1) is 11.9. The third kappa shape index (κ3) is 2.38. The summed E-state index contributed by atoms with van der Waals surface area (Å²) in [5.74, 6) is -0.414. The molecule has 0 spiro atoms. The van der Waals surface area contributed by atoms with E-state index in [1.807, 2.05) is 0 Å². The number of hydrogen-bond acceptors (Lipinski definition) is 2. The van der Waals surface area contributed by atoms with E-state index in [1.54, 1.807) is 6.26 Å². The van der Waals surface area contributed by atoms with E-state index >= 15 is 0 Å². The Morgan fingerprint density at radius 2 is 1.94 bits per heavy atom. The SMILES string of the molecule is CSc1cc(F)cc(C2CCNCC2)c1F. The van der Waals surface area contributed by atoms with E-state index in [4.69, 9.17) is 0 Å². The molecule has 1 heterocycles. The van der Waals surface area contributed by atoms with E-state index in [0.717, 1.165) is 25.9 Å². The molecule has 1 fully saturated rings. The molecule has 1 nitrogen and oxygen atoms in total. The summed E-state index contributed by atoms with van der Waals surface area (Å²) in [5, 5.41) is 3.23. The normalized spacial score (nSPS) is 17.7. The first-order valence-electron chi connectivity index (χ1n) is 5.46. The highest BCUT2D eigenvalue weighted by molar-refractivity contribution is 7.98. The fourth-order valence-electron chi connectivity index (χ4n) is 2.16. The molecule has 16 heavy (non-hydrogen) atoms. The second-order valence-electron chi connectivity index (χ2n) is 4.04. The smallest absolute Gasteiger partial charge is 0.140 e. The summed E-state index contributed by atoms with van der Waals surface area (Å²) in [6, 6.07) is 2.62. The summed E-state index contributed by atoms with van der Waals surface area (Å²) in [5.41, 5.74) is 0.547. The number of rotatable bonds is 2. The van der Waals surface area contributed by atoms with Crippen LogP contribution in [0, 0.1) is 11.6 Å². The van der Waals surface area contributed by atoms with Crippen molar-refractivity contribution in [1.82, 2.24) is 5.32 Å². The molecule has 1 saturated heterocycles. The van der Waals surface area contributed by atoms with Gasteiger partial charge in [-0.1, -0.05) is 0 Å². The topological polar surface area (TPSA) is 12.0 Å². The van der Waals surface area contributed by atoms with Crippen LogP contribution in [0.2, 0.25) is 0 Å². The molecule has 88 valence electrons. The lowest BCUT2D eigenvalue weighted by Gasteiger charge is -2.24. The quantitative estimate of drug-likeness (QED) is 0.801. The van der Waals surface area contributed by atoms with Crippen molar-refractivity contribution in [3.05, 3.63) is 29.3 Å². The number of piperidine rings is 1. The second-order valence-corrected chi connectivity index (χ2v) is 4.88. The summed E-state index contributed by atoms with van der Waals surface area (Å²) in [4.78, 5) is 0.411. The van der Waals surface area contributed by atoms with Crippen LogP contribution >= 0.6 is 11.8 Å². The Labute approximate surface area is 98.6 Å². The van der Waals surface area contributed by atoms with Crippen molar-refractivity contribution in [1.29, 1.82) is 0 Å². The molecule has 0 aliphatic carbocycles. The molecular formula is C12H15F2NS. The van der Waals surface area contributed by atoms with Crippen LogP contribution in [-0.2, 0) is 0 Å². The number of benzene rings is 1. The van der Waals surface area contributed by atoms with Gasteiger partial charge in [0.15, 0.2) is 0 Å². The van der Waals surface area contributed by atoms with E-state index in [0.29, 0.717) is 10.5 Å². The number of thioether (sulfide) groups is 1. The lowest BCUT2D eigenvalue weighted by molar-refractivity contribution is 0.438. The minimum atomic E-state index is -0.334. The van der Waals surface area contributed by atoms with Gasteiger partial charge in [0.25, 0.3) is 0 Å². The van der Waals surface area contributed by atoms with Crippen LogP contribution in [0.1, 0.15) is 24.3 Å². The van der Waals surface area contributed by atoms with E-state index < -0.39 is 0 Å². The van der Waals surface area contributed by atoms with Gasteiger partial charge in [-0.25, -0.2) is 8.78 Å². The van der Waals surface area contributed by atoms with Crippen LogP contribution in [0.15, 0.2) is 17.0 Å². The van der Waals surface area contributed by atoms with E-state index in [-0.39, 0.29) is 17.6 Å². The summed E-state index contributed by atoms with van der Waals surface area (Å²) in [7, 11) is 0. The third-order valence-corrected chi connectivity index (χ3v) is 3.77. The third-order valence-electron chi connectivity index (χ3n) is 3.03. The van der Waals surface area contributed by atoms with E-state index in [1.165, 1.54) is 23.9 Å². The molecule has 1 aliphatic heterocycles. The average Bonchev–Trinajstić information content (AvgIpc) is 2.33. The minimum absolute atomic E-state index is 0.155. The van der Waals surface area contributed by atoms with E-state index in [2.05, 4.69) is 5.32 Å². The molecule has 1 aliphatic rings. The number of nitrogens with one attached hydrogen (secondary N) is 1. The van der Waals surface area contributed by atoms with Crippen LogP contribution in [0.3, 0.4) is 0 Å². The van der Waals surface area contributed by atoms with Crippen molar-refractivity contribution in [2.24, 2.45) is 0 Å². The van der Waals surface area contributed by atoms with Gasteiger partial charge in [0.05, 0.1) is 0 Å². The predicted molar refractivity (Wildman–Crippen MR) is 63.0 cm³/mol. The highest BCUT2D eigenvalue weighted by atomic mass is 32.2. The average molecular weight is 243 g/mol. The summed E-state index contributed by atoms with van der Waals surface area (Å²) >= 11 is 1.26. The van der Waals surface area contributed by atoms with Crippen molar-refractivity contribution >= 4 is 11.8 Å². The highest BCUT2D eigenvalue weighted by Crippen LogP contribution is 2.32. The molecular weight excluding hydrogens is 228 g/mol. The van der Waals surface area contributed by atoms with Crippen LogP contribution in [0.25, 0.3) is 0 Å². The molecule has 0 atom stereocenters. The molecule has 0 amide bonds. The summed E-state index contributed by atoms with van der Waals surface area (Å²) in [6.07, 6.45) is 3.53. The van der Waals surface area contributed by atoms with Crippen molar-refractivity contribution < 1.29 is 8.78 Å². The number of hydrogen-bond donors (Lipinski definition) is 1. The van der Waals surface area contributed by atoms with Gasteiger partial charge in [-0.3, -0.25) is 0 Å². The van der Waals surface area contributed by atoms with Gasteiger partial charge >= 0.3 is 0 Å². The van der Waals surface area contributed by atoms with Crippen molar-refractivity contribution in [2.45, 2.75) is 23.7 Å². The van der Waals surface area contributed by atoms with Crippen molar-refractivity contribution in [2.75, 3.05) is 19.3 Å². The number of halogens is 2. The van der Waals surface area contributed by atoms with Gasteiger partial charge in [-0.05, 0) is 55.8 Å². The maximum absolute atomic E-state index is 14.0. The van der Waals surface area contributed by atoms with Crippen LogP contribution in [0.5, 0.6) is 0 Å². The van der Waals surface area contributed by atoms with Crippen molar-refractivity contribution in [3.63, 3.8) is 0 Å². The summed E-state index contributed by atoms with van der Waals surface area (Å²) in [6.45, 7) is 1.77. The van der Waals surface area contributed by atoms with Gasteiger partial charge in [-0.15, -0.1) is 11.8 Å². The molecule has 0 unspecified atom stereocenters. The molecule has 0 bridgehead atoms. The lowest BCUT2D eigenvalue weighted by atomic mass is 9.90. The fraction of sp³-hybridized carbons (Fsp3) is 0.500. The molecule has 4 heteroatoms. The molecule has 0 saturated carbocycles. The Morgan fingerprint density at radius 3 is 2.56 bits per heavy atom. The van der Waals surface area contributed by atoms with Gasteiger partial charge in [0.2, 0.25) is 0 Å². The standard InChI is InChI=1S/C12H15F2NS/c1-16-11-7-9(13)6-10(12(11)14)8-2-4-15-5-3-8/h6-8,15H,2-5H2,1H3. The van der Waals surface area contributed by atoms with Gasteiger partial charge in [0, 0.05) is 4.90 Å². The van der Waals surface area contributed by atoms with Crippen LogP contribution < -0.4 is 5.32 Å². The first-order chi connectivity index (χ1) is 7.72. The molecule has 2 rings (SSSR count). The van der Waals surface area contributed by atoms with Crippen molar-refractivity contribution in [3.8, 4) is 0 Å². The largest absolute Gasteiger partial charge is 0.317 e. The maximum Gasteiger partial charge on any atom is 0.140 e. The Balaban J connectivity index is 2.34. The van der Waals surface area contributed by atoms with Gasteiger partial charge < -0.3 is 5.32 Å². The Kier molecular flexibility index (Phi) is 3.82. The minimum Gasteiger partial charge on any atom is -0.317 e. The van der Waals surface area contributed by atoms with Crippen LogP contribution in [-0.4, -0.2) is 19.3 Å². The maximum atomic E-state index is 14.0. The first-order valence-corrected chi connectivity index (χ1v) is 6.68. The zero-order valence-electron chi connectivity index (χ0n) is 9.22. The monoisotopic (exact) mass is 243 g/mol. The Morgan fingerprint density at radius 1 is 1.25 bits per heavy atom. The zero-order valence-corrected chi connectivity index (χ0v) is 10.0. The second kappa shape index (κ2) is 5.15. The molecule has 1 aromatic rings. The molecule has 0 radical (unpaired) electrons. The summed E-state index contributed by atoms with van der Waals surface area (Å²) < 4.78 is 27.4. The molecule has 0 aromatic heterocycles. The zero-order chi connectivity index (χ0) is 11.5. The molecule has 1 aromatic carbocycles. The highest BCUT2D eigenvalue weighted by Gasteiger charge is 2.21. The van der Waals surface area contributed by atoms with Gasteiger partial charge in [0.1, 0.15) is 11.6 Å². The fourth-order valence-corrected chi connectivity index (χ4v) is 2.69.